The zero-order valence-electron chi connectivity index (χ0n) is 15.4. The lowest BCUT2D eigenvalue weighted by atomic mass is 9.51. The molecule has 2 unspecified atom stereocenters. The molecule has 0 aliphatic heterocycles. The van der Waals surface area contributed by atoms with Crippen LogP contribution in [0.5, 0.6) is 0 Å². The highest BCUT2D eigenvalue weighted by Crippen LogP contribution is 2.57. The molecule has 0 aromatic heterocycles. The molecule has 1 amide bonds. The van der Waals surface area contributed by atoms with E-state index in [2.05, 4.69) is 29.5 Å². The summed E-state index contributed by atoms with van der Waals surface area (Å²) in [5.74, 6) is 0.773. The molecule has 24 heavy (non-hydrogen) atoms. The Morgan fingerprint density at radius 2 is 2.04 bits per heavy atom. The number of carbonyl (C=O) groups excluding carboxylic acids is 1. The van der Waals surface area contributed by atoms with Gasteiger partial charge in [-0.15, -0.1) is 24.0 Å². The number of nitrogens with zero attached hydrogens (tertiary/aromatic N) is 2. The molecule has 0 aromatic carbocycles. The van der Waals surface area contributed by atoms with E-state index in [0.717, 1.165) is 32.0 Å². The summed E-state index contributed by atoms with van der Waals surface area (Å²) in [7, 11) is 3.51. The molecule has 2 saturated carbocycles. The van der Waals surface area contributed by atoms with E-state index in [0.29, 0.717) is 12.1 Å². The van der Waals surface area contributed by atoms with Crippen LogP contribution in [0.3, 0.4) is 0 Å². The topological polar surface area (TPSA) is 66.0 Å². The first-order chi connectivity index (χ1) is 11.0. The van der Waals surface area contributed by atoms with Gasteiger partial charge in [0, 0.05) is 38.7 Å². The first-order valence-electron chi connectivity index (χ1n) is 8.90. The van der Waals surface area contributed by atoms with Crippen molar-refractivity contribution in [2.75, 3.05) is 33.8 Å². The van der Waals surface area contributed by atoms with E-state index in [1.165, 1.54) is 19.3 Å². The zero-order valence-corrected chi connectivity index (χ0v) is 17.8. The normalized spacial score (nSPS) is 24.4. The molecule has 2 rings (SSSR count). The molecule has 0 bridgehead atoms. The van der Waals surface area contributed by atoms with Crippen molar-refractivity contribution >= 4 is 35.8 Å². The quantitative estimate of drug-likeness (QED) is 0.352. The number of likely N-dealkylation sites (N-methyl/N-ethyl adjacent to an activating group) is 1. The fourth-order valence-electron chi connectivity index (χ4n) is 3.49. The van der Waals surface area contributed by atoms with Gasteiger partial charge in [0.15, 0.2) is 5.96 Å². The Morgan fingerprint density at radius 3 is 2.54 bits per heavy atom. The molecular weight excluding hydrogens is 419 g/mol. The summed E-state index contributed by atoms with van der Waals surface area (Å²) in [6, 6.07) is 0.408. The van der Waals surface area contributed by atoms with Gasteiger partial charge >= 0.3 is 0 Å². The van der Waals surface area contributed by atoms with Crippen LogP contribution in [0.25, 0.3) is 0 Å². The van der Waals surface area contributed by atoms with Crippen molar-refractivity contribution < 1.29 is 9.53 Å². The number of aliphatic imine (C=N–C) groups is 1. The second kappa shape index (κ2) is 9.79. The number of ether oxygens (including phenoxy) is 1. The minimum absolute atomic E-state index is 0. The van der Waals surface area contributed by atoms with E-state index >= 15 is 0 Å². The molecule has 140 valence electrons. The van der Waals surface area contributed by atoms with Crippen LogP contribution in [0, 0.1) is 5.41 Å². The number of rotatable bonds is 7. The largest absolute Gasteiger partial charge is 0.378 e. The maximum atomic E-state index is 11.8. The second-order valence-electron chi connectivity index (χ2n) is 6.84. The van der Waals surface area contributed by atoms with E-state index in [1.807, 2.05) is 0 Å². The maximum absolute atomic E-state index is 11.8. The van der Waals surface area contributed by atoms with Crippen LogP contribution in [-0.2, 0) is 9.53 Å². The smallest absolute Gasteiger partial charge is 0.243 e. The summed E-state index contributed by atoms with van der Waals surface area (Å²) in [6.45, 7) is 6.01. The monoisotopic (exact) mass is 452 g/mol. The Morgan fingerprint density at radius 1 is 1.33 bits per heavy atom. The number of amides is 1. The highest BCUT2D eigenvalue weighted by atomic mass is 127. The number of hydrogen-bond donors (Lipinski definition) is 2. The van der Waals surface area contributed by atoms with Gasteiger partial charge in [-0.3, -0.25) is 4.79 Å². The van der Waals surface area contributed by atoms with E-state index in [1.54, 1.807) is 19.0 Å². The second-order valence-corrected chi connectivity index (χ2v) is 6.84. The first kappa shape index (κ1) is 21.5. The van der Waals surface area contributed by atoms with E-state index in [4.69, 9.17) is 4.74 Å². The number of carbonyl (C=O) groups is 1. The summed E-state index contributed by atoms with van der Waals surface area (Å²) in [5, 5.41) is 6.87. The molecule has 0 heterocycles. The van der Waals surface area contributed by atoms with Crippen molar-refractivity contribution in [3.05, 3.63) is 0 Å². The predicted octanol–water partition coefficient (Wildman–Crippen LogP) is 1.99. The third-order valence-corrected chi connectivity index (χ3v) is 5.16. The Labute approximate surface area is 163 Å². The Bertz CT molecular complexity index is 438. The van der Waals surface area contributed by atoms with Gasteiger partial charge in [0.25, 0.3) is 0 Å². The Kier molecular flexibility index (Phi) is 8.76. The van der Waals surface area contributed by atoms with Gasteiger partial charge in [-0.05, 0) is 32.6 Å². The lowest BCUT2D eigenvalue weighted by Crippen LogP contribution is -2.68. The van der Waals surface area contributed by atoms with Crippen molar-refractivity contribution in [2.45, 2.75) is 58.1 Å². The molecule has 2 aliphatic carbocycles. The number of guanidine groups is 1. The molecule has 0 radical (unpaired) electrons. The maximum Gasteiger partial charge on any atom is 0.243 e. The average molecular weight is 452 g/mol. The summed E-state index contributed by atoms with van der Waals surface area (Å²) < 4.78 is 5.90. The van der Waals surface area contributed by atoms with Crippen molar-refractivity contribution in [2.24, 2.45) is 10.4 Å². The molecule has 1 spiro atoms. The van der Waals surface area contributed by atoms with Crippen LogP contribution in [0.2, 0.25) is 0 Å². The summed E-state index contributed by atoms with van der Waals surface area (Å²) in [4.78, 5) is 17.8. The van der Waals surface area contributed by atoms with Crippen LogP contribution in [0.1, 0.15) is 46.0 Å². The molecular formula is C17H33IN4O2. The third-order valence-electron chi connectivity index (χ3n) is 5.16. The molecule has 2 fully saturated rings. The molecule has 2 atom stereocenters. The summed E-state index contributed by atoms with van der Waals surface area (Å²) in [6.07, 6.45) is 6.19. The number of nitrogens with one attached hydrogen (secondary N) is 2. The first-order valence-corrected chi connectivity index (χ1v) is 8.90. The molecule has 7 heteroatoms. The van der Waals surface area contributed by atoms with Gasteiger partial charge in [-0.1, -0.05) is 13.3 Å². The van der Waals surface area contributed by atoms with Gasteiger partial charge in [-0.2, -0.15) is 0 Å². The van der Waals surface area contributed by atoms with Crippen LogP contribution >= 0.6 is 24.0 Å². The fraction of sp³-hybridized carbons (Fsp3) is 0.882. The minimum Gasteiger partial charge on any atom is -0.378 e. The average Bonchev–Trinajstić information content (AvgIpc) is 2.45. The molecule has 0 saturated heterocycles. The molecule has 6 nitrogen and oxygen atoms in total. The van der Waals surface area contributed by atoms with E-state index in [9.17, 15) is 4.79 Å². The SMILES string of the molecule is CCCNC(=NCC(=O)N(C)C)NC1CC(OCC)C12CCC2.I. The molecule has 2 aliphatic rings. The van der Waals surface area contributed by atoms with Gasteiger partial charge in [0.2, 0.25) is 5.91 Å². The summed E-state index contributed by atoms with van der Waals surface area (Å²) in [5.41, 5.74) is 0.288. The van der Waals surface area contributed by atoms with Crippen LogP contribution < -0.4 is 10.6 Å². The van der Waals surface area contributed by atoms with Gasteiger partial charge in [0.05, 0.1) is 6.10 Å². The lowest BCUT2D eigenvalue weighted by molar-refractivity contribution is -0.168. The highest BCUT2D eigenvalue weighted by molar-refractivity contribution is 14.0. The number of hydrogen-bond acceptors (Lipinski definition) is 3. The molecule has 2 N–H and O–H groups in total. The highest BCUT2D eigenvalue weighted by Gasteiger charge is 2.59. The van der Waals surface area contributed by atoms with Crippen molar-refractivity contribution in [1.29, 1.82) is 0 Å². The Hall–Kier alpha value is -0.570. The van der Waals surface area contributed by atoms with Crippen molar-refractivity contribution in [3.8, 4) is 0 Å². The van der Waals surface area contributed by atoms with Crippen molar-refractivity contribution in [3.63, 3.8) is 0 Å². The van der Waals surface area contributed by atoms with E-state index < -0.39 is 0 Å². The third kappa shape index (κ3) is 4.74. The lowest BCUT2D eigenvalue weighted by Gasteiger charge is -2.61. The van der Waals surface area contributed by atoms with Crippen LogP contribution in [-0.4, -0.2) is 62.7 Å². The summed E-state index contributed by atoms with van der Waals surface area (Å²) >= 11 is 0. The number of halogens is 1. The fourth-order valence-corrected chi connectivity index (χ4v) is 3.49. The van der Waals surface area contributed by atoms with Crippen molar-refractivity contribution in [1.82, 2.24) is 15.5 Å². The van der Waals surface area contributed by atoms with Crippen LogP contribution in [0.15, 0.2) is 4.99 Å². The van der Waals surface area contributed by atoms with Crippen LogP contribution in [0.4, 0.5) is 0 Å². The predicted molar refractivity (Wildman–Crippen MR) is 108 cm³/mol. The Balaban J connectivity index is 0.00000288. The van der Waals surface area contributed by atoms with E-state index in [-0.39, 0.29) is 41.8 Å². The zero-order chi connectivity index (χ0) is 16.9. The standard InChI is InChI=1S/C17H32N4O2.HI/c1-5-10-18-16(19-12-15(22)21(3)4)20-13-11-14(23-6-2)17(13)8-7-9-17;/h13-14H,5-12H2,1-4H3,(H2,18,19,20);1H. The van der Waals surface area contributed by atoms with Gasteiger partial charge < -0.3 is 20.3 Å². The van der Waals surface area contributed by atoms with Gasteiger partial charge in [-0.25, -0.2) is 4.99 Å². The van der Waals surface area contributed by atoms with Gasteiger partial charge in [0.1, 0.15) is 6.54 Å². The minimum atomic E-state index is 0. The molecule has 0 aromatic rings.